The highest BCUT2D eigenvalue weighted by molar-refractivity contribution is 6.25. The molecule has 0 saturated carbocycles. The number of carbonyl (C=O) groups excluding carboxylic acids is 1. The van der Waals surface area contributed by atoms with E-state index in [-0.39, 0.29) is 11.5 Å². The van der Waals surface area contributed by atoms with Gasteiger partial charge < -0.3 is 26.0 Å². The number of Topliss-reactive ketones (excluding diaryl/α,β-unsaturated/α-hetero) is 1. The summed E-state index contributed by atoms with van der Waals surface area (Å²) < 4.78 is 5.47. The largest absolute Gasteiger partial charge is 0.479 e. The summed E-state index contributed by atoms with van der Waals surface area (Å²) in [6.45, 7) is 0. The fraction of sp³-hybridized carbons (Fsp3) is 0.0714. The van der Waals surface area contributed by atoms with Crippen LogP contribution in [0, 0.1) is 0 Å². The van der Waals surface area contributed by atoms with Gasteiger partial charge in [0.2, 0.25) is 11.3 Å². The van der Waals surface area contributed by atoms with Crippen molar-refractivity contribution < 1.29 is 29.3 Å². The van der Waals surface area contributed by atoms with E-state index in [2.05, 4.69) is 5.32 Å². The lowest BCUT2D eigenvalue weighted by atomic mass is 9.80. The fourth-order valence-electron chi connectivity index (χ4n) is 2.30. The Morgan fingerprint density at radius 1 is 1.23 bits per heavy atom. The summed E-state index contributed by atoms with van der Waals surface area (Å²) in [5, 5.41) is 21.1. The molecule has 112 valence electrons. The van der Waals surface area contributed by atoms with E-state index in [1.165, 1.54) is 0 Å². The first-order valence-electron chi connectivity index (χ1n) is 6.16. The van der Waals surface area contributed by atoms with Crippen molar-refractivity contribution in [2.24, 2.45) is 5.73 Å². The second-order valence-electron chi connectivity index (χ2n) is 4.77. The van der Waals surface area contributed by atoms with Crippen molar-refractivity contribution in [2.75, 3.05) is 5.32 Å². The van der Waals surface area contributed by atoms with Gasteiger partial charge in [-0.15, -0.1) is 0 Å². The molecule has 1 unspecified atom stereocenters. The number of anilines is 1. The molecule has 0 aromatic heterocycles. The van der Waals surface area contributed by atoms with E-state index in [0.717, 1.165) is 6.08 Å². The molecule has 8 heteroatoms. The summed E-state index contributed by atoms with van der Waals surface area (Å²) in [5.41, 5.74) is 2.42. The number of carbonyl (C=O) groups is 3. The number of ether oxygens (including phenoxy) is 1. The van der Waals surface area contributed by atoms with Gasteiger partial charge in [0, 0.05) is 0 Å². The van der Waals surface area contributed by atoms with E-state index in [4.69, 9.17) is 15.6 Å². The third-order valence-electron chi connectivity index (χ3n) is 3.47. The van der Waals surface area contributed by atoms with Gasteiger partial charge in [0.05, 0.1) is 11.3 Å². The smallest absolute Gasteiger partial charge is 0.336 e. The summed E-state index contributed by atoms with van der Waals surface area (Å²) in [6.07, 6.45) is 0.954. The van der Waals surface area contributed by atoms with E-state index in [9.17, 15) is 19.5 Å². The highest BCUT2D eigenvalue weighted by atomic mass is 16.5. The first-order valence-corrected chi connectivity index (χ1v) is 6.16. The first-order chi connectivity index (χ1) is 10.4. The summed E-state index contributed by atoms with van der Waals surface area (Å²) in [7, 11) is 0. The number of carboxylic acid groups (broad SMARTS) is 2. The van der Waals surface area contributed by atoms with Crippen LogP contribution in [-0.2, 0) is 14.4 Å². The predicted molar refractivity (Wildman–Crippen MR) is 73.0 cm³/mol. The zero-order chi connectivity index (χ0) is 16.1. The number of nitrogens with one attached hydrogen (secondary N) is 1. The van der Waals surface area contributed by atoms with Gasteiger partial charge in [-0.05, 0) is 18.2 Å². The maximum atomic E-state index is 12.4. The predicted octanol–water partition coefficient (Wildman–Crippen LogP) is 0.0783. The lowest BCUT2D eigenvalue weighted by molar-refractivity contribution is -0.148. The van der Waals surface area contributed by atoms with Crippen LogP contribution < -0.4 is 15.8 Å². The molecule has 1 aromatic carbocycles. The Labute approximate surface area is 123 Å². The number of para-hydroxylation sites is 2. The Balaban J connectivity index is 2.17. The van der Waals surface area contributed by atoms with Gasteiger partial charge in [-0.25, -0.2) is 9.59 Å². The second-order valence-corrected chi connectivity index (χ2v) is 4.77. The second kappa shape index (κ2) is 4.43. The molecule has 1 heterocycles. The van der Waals surface area contributed by atoms with Crippen LogP contribution in [0.1, 0.15) is 0 Å². The van der Waals surface area contributed by atoms with E-state index >= 15 is 0 Å². The lowest BCUT2D eigenvalue weighted by Gasteiger charge is -2.32. The third-order valence-corrected chi connectivity index (χ3v) is 3.47. The number of fused-ring (bicyclic) bond motifs is 1. The maximum absolute atomic E-state index is 12.4. The molecule has 0 amide bonds. The van der Waals surface area contributed by atoms with Crippen LogP contribution in [-0.4, -0.2) is 33.5 Å². The molecule has 0 spiro atoms. The SMILES string of the molecule is NC1(C(=O)O)C(=O)C2=C(C=C1C(=O)O)Oc1ccccc1N2. The molecule has 0 saturated heterocycles. The molecule has 2 aliphatic rings. The normalized spacial score (nSPS) is 22.8. The van der Waals surface area contributed by atoms with Crippen LogP contribution in [0.15, 0.2) is 47.4 Å². The van der Waals surface area contributed by atoms with Gasteiger partial charge in [0.25, 0.3) is 0 Å². The van der Waals surface area contributed by atoms with Gasteiger partial charge in [-0.1, -0.05) is 12.1 Å². The Bertz CT molecular complexity index is 794. The molecule has 1 aromatic rings. The zero-order valence-electron chi connectivity index (χ0n) is 11.0. The van der Waals surface area contributed by atoms with Crippen LogP contribution in [0.2, 0.25) is 0 Å². The van der Waals surface area contributed by atoms with Crippen molar-refractivity contribution >= 4 is 23.4 Å². The van der Waals surface area contributed by atoms with Crippen LogP contribution >= 0.6 is 0 Å². The van der Waals surface area contributed by atoms with Gasteiger partial charge in [0.15, 0.2) is 11.5 Å². The molecule has 22 heavy (non-hydrogen) atoms. The molecule has 8 nitrogen and oxygen atoms in total. The Morgan fingerprint density at radius 3 is 2.55 bits per heavy atom. The molecular formula is C14H10N2O6. The van der Waals surface area contributed by atoms with Crippen molar-refractivity contribution in [1.29, 1.82) is 0 Å². The fourth-order valence-corrected chi connectivity index (χ4v) is 2.30. The molecule has 0 radical (unpaired) electrons. The van der Waals surface area contributed by atoms with Crippen LogP contribution in [0.4, 0.5) is 5.69 Å². The highest BCUT2D eigenvalue weighted by Crippen LogP contribution is 2.38. The van der Waals surface area contributed by atoms with Crippen molar-refractivity contribution in [2.45, 2.75) is 5.54 Å². The molecule has 1 aliphatic carbocycles. The minimum Gasteiger partial charge on any atom is -0.479 e. The lowest BCUT2D eigenvalue weighted by Crippen LogP contribution is -2.60. The molecular weight excluding hydrogens is 292 g/mol. The number of aliphatic carboxylic acids is 2. The number of hydrogen-bond donors (Lipinski definition) is 4. The van der Waals surface area contributed by atoms with Gasteiger partial charge in [-0.2, -0.15) is 0 Å². The number of nitrogens with two attached hydrogens (primary N) is 1. The Morgan fingerprint density at radius 2 is 1.91 bits per heavy atom. The van der Waals surface area contributed by atoms with E-state index in [0.29, 0.717) is 11.4 Å². The highest BCUT2D eigenvalue weighted by Gasteiger charge is 2.54. The molecule has 1 atom stereocenters. The topological polar surface area (TPSA) is 139 Å². The van der Waals surface area contributed by atoms with Crippen LogP contribution in [0.3, 0.4) is 0 Å². The number of allylic oxidation sites excluding steroid dienone is 1. The minimum atomic E-state index is -2.67. The van der Waals surface area contributed by atoms with Gasteiger partial charge in [0.1, 0.15) is 5.70 Å². The van der Waals surface area contributed by atoms with Gasteiger partial charge in [-0.3, -0.25) is 4.79 Å². The Hall–Kier alpha value is -3.13. The van der Waals surface area contributed by atoms with Crippen molar-refractivity contribution in [3.8, 4) is 5.75 Å². The average molecular weight is 302 g/mol. The number of rotatable bonds is 2. The van der Waals surface area contributed by atoms with Crippen molar-refractivity contribution in [3.05, 3.63) is 47.4 Å². The molecule has 0 bridgehead atoms. The summed E-state index contributed by atoms with van der Waals surface area (Å²) in [4.78, 5) is 35.1. The third kappa shape index (κ3) is 1.71. The monoisotopic (exact) mass is 302 g/mol. The summed E-state index contributed by atoms with van der Waals surface area (Å²) in [5.74, 6) is -4.13. The number of benzene rings is 1. The standard InChI is InChI=1S/C14H10N2O6/c15-14(13(20)21)6(12(18)19)5-9-10(11(14)17)16-7-3-1-2-4-8(7)22-9/h1-5,16H,15H2,(H,18,19)(H,20,21). The number of carboxylic acids is 2. The molecule has 5 N–H and O–H groups in total. The zero-order valence-corrected chi connectivity index (χ0v) is 11.0. The van der Waals surface area contributed by atoms with E-state index in [1.54, 1.807) is 24.3 Å². The van der Waals surface area contributed by atoms with Crippen molar-refractivity contribution in [3.63, 3.8) is 0 Å². The van der Waals surface area contributed by atoms with Gasteiger partial charge >= 0.3 is 11.9 Å². The first kappa shape index (κ1) is 13.8. The van der Waals surface area contributed by atoms with E-state index in [1.807, 2.05) is 0 Å². The van der Waals surface area contributed by atoms with Crippen molar-refractivity contribution in [1.82, 2.24) is 0 Å². The summed E-state index contributed by atoms with van der Waals surface area (Å²) >= 11 is 0. The Kier molecular flexibility index (Phi) is 2.79. The molecule has 0 fully saturated rings. The number of ketones is 1. The minimum absolute atomic E-state index is 0.0802. The quantitative estimate of drug-likeness (QED) is 0.563. The van der Waals surface area contributed by atoms with Crippen LogP contribution in [0.25, 0.3) is 0 Å². The average Bonchev–Trinajstić information content (AvgIpc) is 2.48. The molecule has 1 aliphatic heterocycles. The van der Waals surface area contributed by atoms with Crippen LogP contribution in [0.5, 0.6) is 5.75 Å². The maximum Gasteiger partial charge on any atom is 0.336 e. The summed E-state index contributed by atoms with van der Waals surface area (Å²) in [6, 6.07) is 6.64. The van der Waals surface area contributed by atoms with E-state index < -0.39 is 28.8 Å². The number of hydrogen-bond acceptors (Lipinski definition) is 6. The molecule has 3 rings (SSSR count).